The van der Waals surface area contributed by atoms with Crippen molar-refractivity contribution in [3.05, 3.63) is 29.8 Å². The van der Waals surface area contributed by atoms with E-state index in [0.717, 1.165) is 31.2 Å². The lowest BCUT2D eigenvalue weighted by Crippen LogP contribution is -2.43. The fraction of sp³-hybridized carbons (Fsp3) is 0.500. The number of rotatable bonds is 6. The van der Waals surface area contributed by atoms with Crippen LogP contribution in [0.3, 0.4) is 0 Å². The zero-order valence-corrected chi connectivity index (χ0v) is 13.7. The maximum absolute atomic E-state index is 13.1. The Morgan fingerprint density at radius 2 is 1.92 bits per heavy atom. The van der Waals surface area contributed by atoms with Crippen LogP contribution in [0, 0.1) is 0 Å². The fourth-order valence-corrected chi connectivity index (χ4v) is 3.07. The summed E-state index contributed by atoms with van der Waals surface area (Å²) in [6, 6.07) is 4.09. The molecule has 1 saturated carbocycles. The molecule has 0 heterocycles. The summed E-state index contributed by atoms with van der Waals surface area (Å²) in [5.41, 5.74) is -1.50. The number of amides is 2. The van der Waals surface area contributed by atoms with Crippen molar-refractivity contribution in [1.29, 1.82) is 0 Å². The van der Waals surface area contributed by atoms with Crippen molar-refractivity contribution in [2.24, 2.45) is 0 Å². The van der Waals surface area contributed by atoms with Gasteiger partial charge in [-0.2, -0.15) is 13.2 Å². The summed E-state index contributed by atoms with van der Waals surface area (Å²) in [5, 5.41) is 5.09. The summed E-state index contributed by atoms with van der Waals surface area (Å²) >= 11 is 0. The minimum Gasteiger partial charge on any atom is -0.336 e. The minimum atomic E-state index is -4.68. The van der Waals surface area contributed by atoms with Gasteiger partial charge in [-0.1, -0.05) is 12.1 Å². The molecule has 134 valence electrons. The van der Waals surface area contributed by atoms with Crippen LogP contribution in [-0.2, 0) is 16.2 Å². The van der Waals surface area contributed by atoms with E-state index in [1.807, 2.05) is 0 Å². The topological polar surface area (TPSA) is 78.5 Å². The standard InChI is InChI=1S/C14H18F3N3O3S/c1-24(22,23)20(9-8-18-13(21)19-10-6-7-10)12-5-3-2-4-11(12)14(15,16)17/h2-5,10H,6-9H2,1H3,(H2,18,19,21). The lowest BCUT2D eigenvalue weighted by molar-refractivity contribution is -0.137. The van der Waals surface area contributed by atoms with Gasteiger partial charge in [-0.15, -0.1) is 0 Å². The fourth-order valence-electron chi connectivity index (χ4n) is 2.13. The highest BCUT2D eigenvalue weighted by Gasteiger charge is 2.36. The number of para-hydroxylation sites is 1. The molecule has 2 rings (SSSR count). The summed E-state index contributed by atoms with van der Waals surface area (Å²) < 4.78 is 63.7. The zero-order chi connectivity index (χ0) is 18.0. The van der Waals surface area contributed by atoms with Gasteiger partial charge in [0, 0.05) is 12.6 Å². The van der Waals surface area contributed by atoms with Crippen LogP contribution in [0.4, 0.5) is 23.7 Å². The van der Waals surface area contributed by atoms with Gasteiger partial charge >= 0.3 is 12.2 Å². The number of nitrogens with zero attached hydrogens (tertiary/aromatic N) is 1. The summed E-state index contributed by atoms with van der Waals surface area (Å²) in [4.78, 5) is 11.5. The molecule has 2 N–H and O–H groups in total. The van der Waals surface area contributed by atoms with Gasteiger partial charge in [0.15, 0.2) is 0 Å². The molecule has 1 fully saturated rings. The second-order valence-electron chi connectivity index (χ2n) is 5.52. The lowest BCUT2D eigenvalue weighted by Gasteiger charge is -2.25. The van der Waals surface area contributed by atoms with Crippen LogP contribution in [0.5, 0.6) is 0 Å². The number of halogens is 3. The summed E-state index contributed by atoms with van der Waals surface area (Å²) in [6.07, 6.45) is -2.08. The number of benzene rings is 1. The Morgan fingerprint density at radius 3 is 2.46 bits per heavy atom. The number of nitrogens with one attached hydrogen (secondary N) is 2. The van der Waals surface area contributed by atoms with Crippen LogP contribution in [0.1, 0.15) is 18.4 Å². The molecule has 0 aromatic heterocycles. The first-order chi connectivity index (χ1) is 11.1. The molecule has 0 saturated heterocycles. The zero-order valence-electron chi connectivity index (χ0n) is 12.9. The molecule has 0 spiro atoms. The molecule has 1 aliphatic carbocycles. The number of hydrogen-bond donors (Lipinski definition) is 2. The molecular formula is C14H18F3N3O3S. The van der Waals surface area contributed by atoms with Crippen molar-refractivity contribution in [3.8, 4) is 0 Å². The van der Waals surface area contributed by atoms with Crippen LogP contribution in [-0.4, -0.2) is 39.8 Å². The second kappa shape index (κ2) is 6.88. The van der Waals surface area contributed by atoms with Crippen molar-refractivity contribution in [2.75, 3.05) is 23.7 Å². The molecule has 0 atom stereocenters. The van der Waals surface area contributed by atoms with Crippen molar-refractivity contribution in [1.82, 2.24) is 10.6 Å². The average molecular weight is 365 g/mol. The molecule has 0 unspecified atom stereocenters. The highest BCUT2D eigenvalue weighted by atomic mass is 32.2. The van der Waals surface area contributed by atoms with E-state index in [4.69, 9.17) is 0 Å². The van der Waals surface area contributed by atoms with Crippen molar-refractivity contribution in [3.63, 3.8) is 0 Å². The molecule has 24 heavy (non-hydrogen) atoms. The van der Waals surface area contributed by atoms with Crippen LogP contribution in [0.2, 0.25) is 0 Å². The number of carbonyl (C=O) groups excluding carboxylic acids is 1. The van der Waals surface area contributed by atoms with E-state index in [1.54, 1.807) is 0 Å². The van der Waals surface area contributed by atoms with Gasteiger partial charge in [-0.3, -0.25) is 4.31 Å². The Kier molecular flexibility index (Phi) is 5.26. The highest BCUT2D eigenvalue weighted by Crippen LogP contribution is 2.37. The Hall–Kier alpha value is -1.97. The molecule has 2 amide bonds. The summed E-state index contributed by atoms with van der Waals surface area (Å²) in [5.74, 6) is 0. The number of carbonyl (C=O) groups is 1. The predicted octanol–water partition coefficient (Wildman–Crippen LogP) is 1.93. The summed E-state index contributed by atoms with van der Waals surface area (Å²) in [7, 11) is -3.95. The third kappa shape index (κ3) is 5.02. The molecular weight excluding hydrogens is 347 g/mol. The first-order valence-electron chi connectivity index (χ1n) is 7.27. The number of anilines is 1. The molecule has 0 radical (unpaired) electrons. The van der Waals surface area contributed by atoms with Gasteiger partial charge < -0.3 is 10.6 Å². The molecule has 1 aromatic rings. The van der Waals surface area contributed by atoms with E-state index in [-0.39, 0.29) is 19.1 Å². The molecule has 1 aromatic carbocycles. The van der Waals surface area contributed by atoms with Crippen molar-refractivity contribution >= 4 is 21.7 Å². The maximum Gasteiger partial charge on any atom is 0.418 e. The number of hydrogen-bond acceptors (Lipinski definition) is 3. The maximum atomic E-state index is 13.1. The van der Waals surface area contributed by atoms with Crippen LogP contribution in [0.25, 0.3) is 0 Å². The lowest BCUT2D eigenvalue weighted by atomic mass is 10.1. The highest BCUT2D eigenvalue weighted by molar-refractivity contribution is 7.92. The minimum absolute atomic E-state index is 0.113. The number of sulfonamides is 1. The molecule has 6 nitrogen and oxygen atoms in total. The Labute approximate surface area is 138 Å². The monoisotopic (exact) mass is 365 g/mol. The number of urea groups is 1. The van der Waals surface area contributed by atoms with Gasteiger partial charge in [0.05, 0.1) is 24.1 Å². The quantitative estimate of drug-likeness (QED) is 0.809. The normalized spacial score (nSPS) is 15.0. The van der Waals surface area contributed by atoms with Gasteiger partial charge in [0.1, 0.15) is 0 Å². The smallest absolute Gasteiger partial charge is 0.336 e. The molecule has 10 heteroatoms. The third-order valence-corrected chi connectivity index (χ3v) is 4.57. The van der Waals surface area contributed by atoms with Gasteiger partial charge in [-0.25, -0.2) is 13.2 Å². The van der Waals surface area contributed by atoms with Crippen LogP contribution in [0.15, 0.2) is 24.3 Å². The van der Waals surface area contributed by atoms with E-state index in [9.17, 15) is 26.4 Å². The Balaban J connectivity index is 2.13. The predicted molar refractivity (Wildman–Crippen MR) is 83.2 cm³/mol. The van der Waals surface area contributed by atoms with Gasteiger partial charge in [0.25, 0.3) is 0 Å². The van der Waals surface area contributed by atoms with Crippen LogP contribution < -0.4 is 14.9 Å². The van der Waals surface area contributed by atoms with E-state index in [2.05, 4.69) is 10.6 Å². The van der Waals surface area contributed by atoms with Crippen molar-refractivity contribution < 1.29 is 26.4 Å². The van der Waals surface area contributed by atoms with E-state index < -0.39 is 33.5 Å². The van der Waals surface area contributed by atoms with E-state index >= 15 is 0 Å². The average Bonchev–Trinajstić information content (AvgIpc) is 3.25. The first-order valence-corrected chi connectivity index (χ1v) is 9.12. The summed E-state index contributed by atoms with van der Waals surface area (Å²) in [6.45, 7) is -0.415. The van der Waals surface area contributed by atoms with Gasteiger partial charge in [0.2, 0.25) is 10.0 Å². The Morgan fingerprint density at radius 1 is 1.29 bits per heavy atom. The van der Waals surface area contributed by atoms with Crippen molar-refractivity contribution in [2.45, 2.75) is 25.1 Å². The van der Waals surface area contributed by atoms with Crippen LogP contribution >= 0.6 is 0 Å². The molecule has 0 aliphatic heterocycles. The molecule has 1 aliphatic rings. The number of alkyl halides is 3. The van der Waals surface area contributed by atoms with E-state index in [0.29, 0.717) is 4.31 Å². The molecule has 0 bridgehead atoms. The Bertz CT molecular complexity index is 703. The second-order valence-corrected chi connectivity index (χ2v) is 7.43. The largest absolute Gasteiger partial charge is 0.418 e. The van der Waals surface area contributed by atoms with Gasteiger partial charge in [-0.05, 0) is 25.0 Å². The third-order valence-electron chi connectivity index (χ3n) is 3.39. The SMILES string of the molecule is CS(=O)(=O)N(CCNC(=O)NC1CC1)c1ccccc1C(F)(F)F. The first kappa shape index (κ1) is 18.4. The van der Waals surface area contributed by atoms with E-state index in [1.165, 1.54) is 12.1 Å².